The number of rotatable bonds is 6. The molecule has 3 aromatic carbocycles. The summed E-state index contributed by atoms with van der Waals surface area (Å²) in [6.45, 7) is 5.84. The number of benzene rings is 3. The van der Waals surface area contributed by atoms with Crippen LogP contribution in [0.15, 0.2) is 65.6 Å². The Morgan fingerprint density at radius 3 is 2.37 bits per heavy atom. The number of aryl methyl sites for hydroxylation is 3. The van der Waals surface area contributed by atoms with Crippen molar-refractivity contribution in [2.24, 2.45) is 0 Å². The van der Waals surface area contributed by atoms with Gasteiger partial charge in [0, 0.05) is 16.9 Å². The van der Waals surface area contributed by atoms with Gasteiger partial charge < -0.3 is 5.32 Å². The first-order valence-electron chi connectivity index (χ1n) is 9.50. The molecule has 0 bridgehead atoms. The highest BCUT2D eigenvalue weighted by molar-refractivity contribution is 7.92. The van der Waals surface area contributed by atoms with E-state index in [0.717, 1.165) is 28.8 Å². The van der Waals surface area contributed by atoms with Gasteiger partial charge in [-0.2, -0.15) is 0 Å². The molecule has 0 saturated carbocycles. The predicted octanol–water partition coefficient (Wildman–Crippen LogP) is 5.57. The number of nitrogens with one attached hydrogen (secondary N) is 2. The second kappa shape index (κ2) is 8.90. The molecular formula is C23H23ClN2O3S. The SMILES string of the molecule is CCc1cccc(C)c1NC(=O)c1ccc(Cl)c(S(=O)(=O)Nc2ccc(C)cc2)c1. The van der Waals surface area contributed by atoms with Crippen molar-refractivity contribution in [1.82, 2.24) is 0 Å². The number of hydrogen-bond donors (Lipinski definition) is 2. The fourth-order valence-corrected chi connectivity index (χ4v) is 4.66. The molecule has 0 aliphatic rings. The lowest BCUT2D eigenvalue weighted by molar-refractivity contribution is 0.102. The second-order valence-corrected chi connectivity index (χ2v) is 9.09. The first-order chi connectivity index (χ1) is 14.2. The van der Waals surface area contributed by atoms with Gasteiger partial charge in [0.25, 0.3) is 15.9 Å². The Morgan fingerprint density at radius 2 is 1.70 bits per heavy atom. The van der Waals surface area contributed by atoms with Gasteiger partial charge in [0.2, 0.25) is 0 Å². The molecule has 0 unspecified atom stereocenters. The van der Waals surface area contributed by atoms with Crippen LogP contribution in [-0.2, 0) is 16.4 Å². The van der Waals surface area contributed by atoms with Crippen molar-refractivity contribution < 1.29 is 13.2 Å². The molecular weight excluding hydrogens is 420 g/mol. The Labute approximate surface area is 182 Å². The van der Waals surface area contributed by atoms with Crippen LogP contribution in [-0.4, -0.2) is 14.3 Å². The van der Waals surface area contributed by atoms with Crippen LogP contribution in [0.5, 0.6) is 0 Å². The number of amides is 1. The van der Waals surface area contributed by atoms with Gasteiger partial charge in [0.1, 0.15) is 4.90 Å². The maximum atomic E-state index is 12.9. The van der Waals surface area contributed by atoms with E-state index in [0.29, 0.717) is 5.69 Å². The summed E-state index contributed by atoms with van der Waals surface area (Å²) in [5, 5.41) is 2.94. The standard InChI is InChI=1S/C23H23ClN2O3S/c1-4-17-7-5-6-16(3)22(17)25-23(27)18-10-13-20(24)21(14-18)30(28,29)26-19-11-8-15(2)9-12-19/h5-14,26H,4H2,1-3H3,(H,25,27). The van der Waals surface area contributed by atoms with E-state index in [-0.39, 0.29) is 15.5 Å². The number of hydrogen-bond acceptors (Lipinski definition) is 3. The molecule has 7 heteroatoms. The Bertz CT molecular complexity index is 1190. The number of anilines is 2. The van der Waals surface area contributed by atoms with Gasteiger partial charge >= 0.3 is 0 Å². The number of para-hydroxylation sites is 1. The highest BCUT2D eigenvalue weighted by Crippen LogP contribution is 2.27. The molecule has 3 rings (SSSR count). The van der Waals surface area contributed by atoms with Crippen LogP contribution in [0.3, 0.4) is 0 Å². The molecule has 156 valence electrons. The average molecular weight is 443 g/mol. The lowest BCUT2D eigenvalue weighted by Crippen LogP contribution is -2.17. The van der Waals surface area contributed by atoms with Crippen molar-refractivity contribution in [3.63, 3.8) is 0 Å². The van der Waals surface area contributed by atoms with Gasteiger partial charge in [-0.3, -0.25) is 9.52 Å². The van der Waals surface area contributed by atoms with E-state index in [1.54, 1.807) is 24.3 Å². The van der Waals surface area contributed by atoms with Crippen LogP contribution >= 0.6 is 11.6 Å². The van der Waals surface area contributed by atoms with Gasteiger partial charge in [-0.1, -0.05) is 54.4 Å². The number of halogens is 1. The van der Waals surface area contributed by atoms with Crippen molar-refractivity contribution in [3.05, 3.63) is 87.9 Å². The van der Waals surface area contributed by atoms with Crippen LogP contribution in [0.25, 0.3) is 0 Å². The van der Waals surface area contributed by atoms with Crippen LogP contribution in [0.1, 0.15) is 34.0 Å². The van der Waals surface area contributed by atoms with Gasteiger partial charge in [-0.15, -0.1) is 0 Å². The normalized spacial score (nSPS) is 11.2. The number of sulfonamides is 1. The third-order valence-electron chi connectivity index (χ3n) is 4.77. The van der Waals surface area contributed by atoms with E-state index in [4.69, 9.17) is 11.6 Å². The molecule has 0 fully saturated rings. The lowest BCUT2D eigenvalue weighted by Gasteiger charge is -2.14. The lowest BCUT2D eigenvalue weighted by atomic mass is 10.1. The molecule has 0 heterocycles. The second-order valence-electron chi connectivity index (χ2n) is 7.03. The molecule has 0 saturated heterocycles. The monoisotopic (exact) mass is 442 g/mol. The molecule has 0 radical (unpaired) electrons. The number of carbonyl (C=O) groups excluding carboxylic acids is 1. The smallest absolute Gasteiger partial charge is 0.263 e. The van der Waals surface area contributed by atoms with Gasteiger partial charge in [0.15, 0.2) is 0 Å². The zero-order chi connectivity index (χ0) is 21.9. The predicted molar refractivity (Wildman–Crippen MR) is 122 cm³/mol. The summed E-state index contributed by atoms with van der Waals surface area (Å²) in [6.07, 6.45) is 0.762. The third kappa shape index (κ3) is 4.83. The summed E-state index contributed by atoms with van der Waals surface area (Å²) in [5.74, 6) is -0.401. The van der Waals surface area contributed by atoms with Crippen LogP contribution < -0.4 is 10.0 Å². The van der Waals surface area contributed by atoms with E-state index >= 15 is 0 Å². The van der Waals surface area contributed by atoms with Gasteiger partial charge in [-0.25, -0.2) is 8.42 Å². The first-order valence-corrected chi connectivity index (χ1v) is 11.4. The molecule has 0 spiro atoms. The van der Waals surface area contributed by atoms with Gasteiger partial charge in [-0.05, 0) is 61.7 Å². The van der Waals surface area contributed by atoms with E-state index in [1.165, 1.54) is 18.2 Å². The van der Waals surface area contributed by atoms with Gasteiger partial charge in [0.05, 0.1) is 5.02 Å². The maximum absolute atomic E-state index is 12.9. The van der Waals surface area contributed by atoms with E-state index in [1.807, 2.05) is 39.0 Å². The van der Waals surface area contributed by atoms with E-state index in [2.05, 4.69) is 10.0 Å². The van der Waals surface area contributed by atoms with Crippen LogP contribution in [0, 0.1) is 13.8 Å². The van der Waals surface area contributed by atoms with Crippen molar-refractivity contribution >= 4 is 38.9 Å². The Kier molecular flexibility index (Phi) is 6.48. The molecule has 3 aromatic rings. The highest BCUT2D eigenvalue weighted by atomic mass is 35.5. The molecule has 5 nitrogen and oxygen atoms in total. The Morgan fingerprint density at radius 1 is 1.00 bits per heavy atom. The van der Waals surface area contributed by atoms with E-state index < -0.39 is 15.9 Å². The molecule has 0 aromatic heterocycles. The fraction of sp³-hybridized carbons (Fsp3) is 0.174. The fourth-order valence-electron chi connectivity index (χ4n) is 3.07. The summed E-state index contributed by atoms with van der Waals surface area (Å²) in [6, 6.07) is 17.0. The van der Waals surface area contributed by atoms with Crippen molar-refractivity contribution in [2.45, 2.75) is 32.1 Å². The highest BCUT2D eigenvalue weighted by Gasteiger charge is 2.21. The van der Waals surface area contributed by atoms with Crippen LogP contribution in [0.2, 0.25) is 5.02 Å². The Balaban J connectivity index is 1.91. The summed E-state index contributed by atoms with van der Waals surface area (Å²) >= 11 is 6.16. The average Bonchev–Trinajstić information content (AvgIpc) is 2.71. The third-order valence-corrected chi connectivity index (χ3v) is 6.63. The van der Waals surface area contributed by atoms with Crippen LogP contribution in [0.4, 0.5) is 11.4 Å². The minimum atomic E-state index is -3.97. The topological polar surface area (TPSA) is 75.3 Å². The zero-order valence-corrected chi connectivity index (χ0v) is 18.6. The molecule has 2 N–H and O–H groups in total. The molecule has 1 amide bonds. The zero-order valence-electron chi connectivity index (χ0n) is 17.0. The summed E-state index contributed by atoms with van der Waals surface area (Å²) < 4.78 is 28.2. The Hall–Kier alpha value is -2.83. The molecule has 0 aliphatic carbocycles. The molecule has 0 aliphatic heterocycles. The number of carbonyl (C=O) groups is 1. The minimum Gasteiger partial charge on any atom is -0.321 e. The molecule has 30 heavy (non-hydrogen) atoms. The summed E-state index contributed by atoms with van der Waals surface area (Å²) in [7, 11) is -3.97. The molecule has 0 atom stereocenters. The van der Waals surface area contributed by atoms with E-state index in [9.17, 15) is 13.2 Å². The summed E-state index contributed by atoms with van der Waals surface area (Å²) in [5.41, 5.74) is 4.31. The first kappa shape index (κ1) is 21.9. The van der Waals surface area contributed by atoms with Crippen molar-refractivity contribution in [3.8, 4) is 0 Å². The maximum Gasteiger partial charge on any atom is 0.263 e. The van der Waals surface area contributed by atoms with Crippen molar-refractivity contribution in [1.29, 1.82) is 0 Å². The largest absolute Gasteiger partial charge is 0.321 e. The van der Waals surface area contributed by atoms with Crippen molar-refractivity contribution in [2.75, 3.05) is 10.0 Å². The minimum absolute atomic E-state index is 0.0382. The summed E-state index contributed by atoms with van der Waals surface area (Å²) in [4.78, 5) is 12.7. The quantitative estimate of drug-likeness (QED) is 0.523.